The lowest BCUT2D eigenvalue weighted by molar-refractivity contribution is 0.0697. The molecule has 0 aromatic heterocycles. The summed E-state index contributed by atoms with van der Waals surface area (Å²) in [6.45, 7) is 3.76. The van der Waals surface area contributed by atoms with E-state index in [1.807, 2.05) is 0 Å². The van der Waals surface area contributed by atoms with Gasteiger partial charge in [-0.15, -0.1) is 0 Å². The fourth-order valence-corrected chi connectivity index (χ4v) is 3.65. The summed E-state index contributed by atoms with van der Waals surface area (Å²) in [6, 6.07) is 3.63. The standard InChI is InChI=1S/C14H18ClN3O2/c15-12-7-9(16)6-11(14(19)20)13(12)18-5-4-17-3-1-2-10(17)8-18/h6-7,10H,1-5,8,16H2,(H,19,20). The highest BCUT2D eigenvalue weighted by molar-refractivity contribution is 6.34. The molecule has 3 N–H and O–H groups in total. The number of nitrogens with zero attached hydrogens (tertiary/aromatic N) is 2. The predicted octanol–water partition coefficient (Wildman–Crippen LogP) is 1.90. The van der Waals surface area contributed by atoms with Crippen molar-refractivity contribution < 1.29 is 9.90 Å². The van der Waals surface area contributed by atoms with Crippen molar-refractivity contribution in [2.24, 2.45) is 0 Å². The Labute approximate surface area is 122 Å². The quantitative estimate of drug-likeness (QED) is 0.816. The molecule has 2 aliphatic rings. The normalized spacial score (nSPS) is 22.9. The van der Waals surface area contributed by atoms with Crippen LogP contribution in [0.25, 0.3) is 0 Å². The molecule has 2 aliphatic heterocycles. The van der Waals surface area contributed by atoms with E-state index in [0.717, 1.165) is 26.2 Å². The van der Waals surface area contributed by atoms with Crippen molar-refractivity contribution >= 4 is 28.9 Å². The molecule has 1 atom stereocenters. The van der Waals surface area contributed by atoms with Gasteiger partial charge in [0.2, 0.25) is 0 Å². The van der Waals surface area contributed by atoms with Crippen LogP contribution in [0.2, 0.25) is 5.02 Å². The van der Waals surface area contributed by atoms with Crippen molar-refractivity contribution in [3.05, 3.63) is 22.7 Å². The molecule has 0 spiro atoms. The first-order valence-corrected chi connectivity index (χ1v) is 7.25. The number of aromatic carboxylic acids is 1. The first kappa shape index (κ1) is 13.5. The van der Waals surface area contributed by atoms with Gasteiger partial charge in [0.25, 0.3) is 0 Å². The molecule has 3 rings (SSSR count). The summed E-state index contributed by atoms with van der Waals surface area (Å²) in [5.74, 6) is -0.983. The summed E-state index contributed by atoms with van der Waals surface area (Å²) in [4.78, 5) is 16.0. The highest BCUT2D eigenvalue weighted by atomic mass is 35.5. The van der Waals surface area contributed by atoms with Crippen molar-refractivity contribution in [3.8, 4) is 0 Å². The van der Waals surface area contributed by atoms with E-state index in [2.05, 4.69) is 9.80 Å². The van der Waals surface area contributed by atoms with Crippen molar-refractivity contribution in [1.82, 2.24) is 4.90 Å². The maximum Gasteiger partial charge on any atom is 0.337 e. The fourth-order valence-electron chi connectivity index (χ4n) is 3.30. The second-order valence-electron chi connectivity index (χ2n) is 5.48. The minimum Gasteiger partial charge on any atom is -0.478 e. The van der Waals surface area contributed by atoms with Crippen LogP contribution in [-0.4, -0.2) is 48.2 Å². The molecule has 0 bridgehead atoms. The minimum atomic E-state index is -0.983. The Kier molecular flexibility index (Phi) is 3.48. The molecule has 2 saturated heterocycles. The number of carbonyl (C=O) groups is 1. The fraction of sp³-hybridized carbons (Fsp3) is 0.500. The van der Waals surface area contributed by atoms with Gasteiger partial charge in [-0.2, -0.15) is 0 Å². The highest BCUT2D eigenvalue weighted by Crippen LogP contribution is 2.35. The molecule has 1 unspecified atom stereocenters. The Bertz CT molecular complexity index is 549. The summed E-state index contributed by atoms with van der Waals surface area (Å²) in [5.41, 5.74) is 6.90. The predicted molar refractivity (Wildman–Crippen MR) is 79.6 cm³/mol. The van der Waals surface area contributed by atoms with E-state index in [4.69, 9.17) is 17.3 Å². The average Bonchev–Trinajstić information content (AvgIpc) is 2.84. The van der Waals surface area contributed by atoms with Crippen LogP contribution in [0.1, 0.15) is 23.2 Å². The van der Waals surface area contributed by atoms with E-state index < -0.39 is 5.97 Å². The molecular formula is C14H18ClN3O2. The number of hydrogen-bond donors (Lipinski definition) is 2. The van der Waals surface area contributed by atoms with Crippen LogP contribution in [0.15, 0.2) is 12.1 Å². The van der Waals surface area contributed by atoms with Crippen molar-refractivity contribution in [2.75, 3.05) is 36.8 Å². The molecule has 5 nitrogen and oxygen atoms in total. The number of nitrogen functional groups attached to an aromatic ring is 1. The smallest absolute Gasteiger partial charge is 0.337 e. The van der Waals surface area contributed by atoms with Gasteiger partial charge in [-0.1, -0.05) is 11.6 Å². The molecule has 20 heavy (non-hydrogen) atoms. The number of carboxylic acid groups (broad SMARTS) is 1. The molecule has 2 heterocycles. The van der Waals surface area contributed by atoms with Crippen LogP contribution in [0.5, 0.6) is 0 Å². The van der Waals surface area contributed by atoms with E-state index in [9.17, 15) is 9.90 Å². The van der Waals surface area contributed by atoms with Gasteiger partial charge in [-0.3, -0.25) is 4.90 Å². The number of benzene rings is 1. The van der Waals surface area contributed by atoms with Crippen LogP contribution >= 0.6 is 11.6 Å². The Morgan fingerprint density at radius 2 is 2.15 bits per heavy atom. The SMILES string of the molecule is Nc1cc(Cl)c(N2CCN3CCCC3C2)c(C(=O)O)c1. The lowest BCUT2D eigenvalue weighted by Gasteiger charge is -2.39. The zero-order valence-corrected chi connectivity index (χ0v) is 11.9. The van der Waals surface area contributed by atoms with Crippen LogP contribution in [0, 0.1) is 0 Å². The van der Waals surface area contributed by atoms with Gasteiger partial charge in [-0.25, -0.2) is 4.79 Å². The molecule has 1 aromatic carbocycles. The van der Waals surface area contributed by atoms with Gasteiger partial charge in [0.1, 0.15) is 0 Å². The minimum absolute atomic E-state index is 0.196. The van der Waals surface area contributed by atoms with Crippen molar-refractivity contribution in [3.63, 3.8) is 0 Å². The Morgan fingerprint density at radius 3 is 2.90 bits per heavy atom. The molecule has 6 heteroatoms. The summed E-state index contributed by atoms with van der Waals surface area (Å²) in [6.07, 6.45) is 2.39. The number of hydrogen-bond acceptors (Lipinski definition) is 4. The summed E-state index contributed by atoms with van der Waals surface area (Å²) in [5, 5.41) is 9.81. The van der Waals surface area contributed by atoms with E-state index in [1.54, 1.807) is 6.07 Å². The number of carboxylic acids is 1. The van der Waals surface area contributed by atoms with Gasteiger partial charge in [0, 0.05) is 31.4 Å². The van der Waals surface area contributed by atoms with Crippen LogP contribution in [0.3, 0.4) is 0 Å². The second-order valence-corrected chi connectivity index (χ2v) is 5.89. The molecule has 2 fully saturated rings. The molecule has 108 valence electrons. The number of nitrogens with two attached hydrogens (primary N) is 1. The molecule has 0 saturated carbocycles. The lowest BCUT2D eigenvalue weighted by Crippen LogP contribution is -2.50. The molecular weight excluding hydrogens is 278 g/mol. The zero-order chi connectivity index (χ0) is 14.3. The summed E-state index contributed by atoms with van der Waals surface area (Å²) in [7, 11) is 0. The Balaban J connectivity index is 1.95. The molecule has 0 radical (unpaired) electrons. The third-order valence-electron chi connectivity index (χ3n) is 4.22. The zero-order valence-electron chi connectivity index (χ0n) is 11.2. The van der Waals surface area contributed by atoms with E-state index >= 15 is 0 Å². The van der Waals surface area contributed by atoms with E-state index in [1.165, 1.54) is 18.9 Å². The first-order chi connectivity index (χ1) is 9.56. The number of rotatable bonds is 2. The maximum atomic E-state index is 11.4. The molecule has 0 amide bonds. The Morgan fingerprint density at radius 1 is 1.35 bits per heavy atom. The average molecular weight is 296 g/mol. The topological polar surface area (TPSA) is 69.8 Å². The second kappa shape index (κ2) is 5.14. The monoisotopic (exact) mass is 295 g/mol. The van der Waals surface area contributed by atoms with Gasteiger partial charge >= 0.3 is 5.97 Å². The maximum absolute atomic E-state index is 11.4. The Hall–Kier alpha value is -1.46. The summed E-state index contributed by atoms with van der Waals surface area (Å²) >= 11 is 6.26. The van der Waals surface area contributed by atoms with E-state index in [0.29, 0.717) is 22.4 Å². The van der Waals surface area contributed by atoms with E-state index in [-0.39, 0.29) is 5.56 Å². The number of fused-ring (bicyclic) bond motifs is 1. The van der Waals surface area contributed by atoms with Crippen molar-refractivity contribution in [2.45, 2.75) is 18.9 Å². The largest absolute Gasteiger partial charge is 0.478 e. The van der Waals surface area contributed by atoms with Gasteiger partial charge in [0.05, 0.1) is 16.3 Å². The van der Waals surface area contributed by atoms with Gasteiger partial charge < -0.3 is 15.7 Å². The lowest BCUT2D eigenvalue weighted by atomic mass is 10.1. The van der Waals surface area contributed by atoms with Crippen LogP contribution in [-0.2, 0) is 0 Å². The first-order valence-electron chi connectivity index (χ1n) is 6.87. The third kappa shape index (κ3) is 2.31. The number of anilines is 2. The van der Waals surface area contributed by atoms with Crippen LogP contribution in [0.4, 0.5) is 11.4 Å². The number of piperazine rings is 1. The number of halogens is 1. The third-order valence-corrected chi connectivity index (χ3v) is 4.51. The summed E-state index contributed by atoms with van der Waals surface area (Å²) < 4.78 is 0. The van der Waals surface area contributed by atoms with Gasteiger partial charge in [0.15, 0.2) is 0 Å². The molecule has 0 aliphatic carbocycles. The molecule has 1 aromatic rings. The van der Waals surface area contributed by atoms with Crippen molar-refractivity contribution in [1.29, 1.82) is 0 Å². The highest BCUT2D eigenvalue weighted by Gasteiger charge is 2.32. The van der Waals surface area contributed by atoms with Crippen LogP contribution < -0.4 is 10.6 Å². The van der Waals surface area contributed by atoms with Gasteiger partial charge in [-0.05, 0) is 31.5 Å².